The minimum atomic E-state index is -3.97. The number of halogens is 1. The van der Waals surface area contributed by atoms with Crippen molar-refractivity contribution in [2.24, 2.45) is 0 Å². The molecule has 0 saturated heterocycles. The van der Waals surface area contributed by atoms with Gasteiger partial charge in [0, 0.05) is 12.6 Å². The molecule has 0 heterocycles. The number of para-hydroxylation sites is 1. The molecule has 0 spiro atoms. The highest BCUT2D eigenvalue weighted by atomic mass is 32.2. The van der Waals surface area contributed by atoms with Crippen LogP contribution in [0.5, 0.6) is 0 Å². The van der Waals surface area contributed by atoms with Crippen molar-refractivity contribution < 1.29 is 22.4 Å². The molecule has 2 rings (SSSR count). The molecule has 1 atom stereocenters. The van der Waals surface area contributed by atoms with E-state index in [2.05, 4.69) is 5.32 Å². The van der Waals surface area contributed by atoms with Gasteiger partial charge in [0.05, 0.1) is 11.9 Å². The van der Waals surface area contributed by atoms with E-state index in [-0.39, 0.29) is 24.2 Å². The fraction of sp³-hybridized carbons (Fsp3) is 0.391. The van der Waals surface area contributed by atoms with Gasteiger partial charge in [-0.15, -0.1) is 0 Å². The second-order valence-corrected chi connectivity index (χ2v) is 9.97. The summed E-state index contributed by atoms with van der Waals surface area (Å²) < 4.78 is 39.9. The zero-order chi connectivity index (χ0) is 24.1. The molecular weight excluding hydrogens is 433 g/mol. The summed E-state index contributed by atoms with van der Waals surface area (Å²) in [5.74, 6) is -1.75. The molecule has 0 aromatic heterocycles. The Hall–Kier alpha value is -2.94. The van der Waals surface area contributed by atoms with Gasteiger partial charge in [0.15, 0.2) is 0 Å². The zero-order valence-corrected chi connectivity index (χ0v) is 19.8. The van der Waals surface area contributed by atoms with E-state index in [0.29, 0.717) is 0 Å². The minimum absolute atomic E-state index is 0.0979. The predicted molar refractivity (Wildman–Crippen MR) is 123 cm³/mol. The Balaban J connectivity index is 2.39. The predicted octanol–water partition coefficient (Wildman–Crippen LogP) is 2.84. The van der Waals surface area contributed by atoms with Crippen molar-refractivity contribution in [3.05, 3.63) is 65.5 Å². The van der Waals surface area contributed by atoms with Crippen molar-refractivity contribution in [3.8, 4) is 0 Å². The number of rotatable bonds is 9. The van der Waals surface area contributed by atoms with Crippen LogP contribution in [0.2, 0.25) is 0 Å². The van der Waals surface area contributed by atoms with Crippen LogP contribution in [0.4, 0.5) is 10.1 Å². The van der Waals surface area contributed by atoms with E-state index in [9.17, 15) is 22.4 Å². The summed E-state index contributed by atoms with van der Waals surface area (Å²) in [6, 6.07) is 11.8. The van der Waals surface area contributed by atoms with E-state index >= 15 is 0 Å². The summed E-state index contributed by atoms with van der Waals surface area (Å²) in [7, 11) is -3.97. The number of hydrogen-bond donors (Lipinski definition) is 1. The first-order valence-corrected chi connectivity index (χ1v) is 12.1. The van der Waals surface area contributed by atoms with Crippen LogP contribution in [0.25, 0.3) is 0 Å². The molecule has 0 saturated carbocycles. The molecule has 0 radical (unpaired) electrons. The van der Waals surface area contributed by atoms with E-state index in [0.717, 1.165) is 27.8 Å². The van der Waals surface area contributed by atoms with Gasteiger partial charge in [-0.1, -0.05) is 42.0 Å². The third-order valence-electron chi connectivity index (χ3n) is 4.87. The number of amides is 2. The van der Waals surface area contributed by atoms with Gasteiger partial charge < -0.3 is 10.2 Å². The number of carbonyl (C=O) groups is 2. The Morgan fingerprint density at radius 1 is 1.03 bits per heavy atom. The number of benzene rings is 2. The maximum Gasteiger partial charge on any atom is 0.244 e. The maximum absolute atomic E-state index is 14.3. The minimum Gasteiger partial charge on any atom is -0.352 e. The second-order valence-electron chi connectivity index (χ2n) is 8.07. The molecule has 0 aliphatic carbocycles. The fourth-order valence-electron chi connectivity index (χ4n) is 3.13. The average molecular weight is 464 g/mol. The van der Waals surface area contributed by atoms with Crippen LogP contribution in [0.15, 0.2) is 48.5 Å². The normalized spacial score (nSPS) is 12.3. The highest BCUT2D eigenvalue weighted by Gasteiger charge is 2.31. The van der Waals surface area contributed by atoms with Gasteiger partial charge in [0.25, 0.3) is 0 Å². The smallest absolute Gasteiger partial charge is 0.244 e. The van der Waals surface area contributed by atoms with Gasteiger partial charge in [-0.3, -0.25) is 13.9 Å². The van der Waals surface area contributed by atoms with E-state index in [1.165, 1.54) is 23.1 Å². The highest BCUT2D eigenvalue weighted by molar-refractivity contribution is 7.92. The van der Waals surface area contributed by atoms with Crippen molar-refractivity contribution in [1.82, 2.24) is 10.2 Å². The van der Waals surface area contributed by atoms with E-state index < -0.39 is 34.3 Å². The molecule has 1 N–H and O–H groups in total. The Bertz CT molecular complexity index is 1060. The quantitative estimate of drug-likeness (QED) is 0.620. The molecule has 2 aromatic rings. The topological polar surface area (TPSA) is 86.8 Å². The van der Waals surface area contributed by atoms with Crippen molar-refractivity contribution in [2.75, 3.05) is 17.1 Å². The molecule has 32 heavy (non-hydrogen) atoms. The van der Waals surface area contributed by atoms with Crippen LogP contribution in [0.1, 0.15) is 31.9 Å². The number of aryl methyl sites for hydroxylation is 1. The number of carbonyl (C=O) groups excluding carboxylic acids is 2. The molecule has 174 valence electrons. The Morgan fingerprint density at radius 2 is 1.62 bits per heavy atom. The summed E-state index contributed by atoms with van der Waals surface area (Å²) in [5.41, 5.74) is 1.60. The number of nitrogens with zero attached hydrogens (tertiary/aromatic N) is 2. The van der Waals surface area contributed by atoms with E-state index in [1.807, 2.05) is 31.2 Å². The number of nitrogens with one attached hydrogen (secondary N) is 1. The van der Waals surface area contributed by atoms with Gasteiger partial charge >= 0.3 is 0 Å². The van der Waals surface area contributed by atoms with Crippen molar-refractivity contribution in [1.29, 1.82) is 0 Å². The number of hydrogen-bond acceptors (Lipinski definition) is 4. The van der Waals surface area contributed by atoms with Crippen LogP contribution < -0.4 is 9.62 Å². The van der Waals surface area contributed by atoms with Crippen LogP contribution in [-0.2, 0) is 26.2 Å². The molecule has 0 aliphatic rings. The lowest BCUT2D eigenvalue weighted by molar-refractivity contribution is -0.139. The lowest BCUT2D eigenvalue weighted by Crippen LogP contribution is -2.52. The largest absolute Gasteiger partial charge is 0.352 e. The molecule has 0 fully saturated rings. The molecule has 7 nitrogen and oxygen atoms in total. The SMILES string of the molecule is Cc1ccc(CN(C(=O)CN(c2ccccc2F)S(C)(=O)=O)C(C)C(=O)NC(C)C)cc1. The molecule has 2 aromatic carbocycles. The Morgan fingerprint density at radius 3 is 2.16 bits per heavy atom. The fourth-order valence-corrected chi connectivity index (χ4v) is 3.98. The van der Waals surface area contributed by atoms with Crippen molar-refractivity contribution >= 4 is 27.5 Å². The van der Waals surface area contributed by atoms with Crippen LogP contribution in [0.3, 0.4) is 0 Å². The maximum atomic E-state index is 14.3. The molecular formula is C23H30FN3O4S. The van der Waals surface area contributed by atoms with Crippen LogP contribution in [-0.4, -0.2) is 50.0 Å². The van der Waals surface area contributed by atoms with Gasteiger partial charge in [0.1, 0.15) is 18.4 Å². The lowest BCUT2D eigenvalue weighted by Gasteiger charge is -2.32. The standard InChI is InChI=1S/C23H30FN3O4S/c1-16(2)25-23(29)18(4)26(14-19-12-10-17(3)11-13-19)22(28)15-27(32(5,30)31)21-9-7-6-8-20(21)24/h6-13,16,18H,14-15H2,1-5H3,(H,25,29). The zero-order valence-electron chi connectivity index (χ0n) is 19.0. The molecule has 0 bridgehead atoms. The van der Waals surface area contributed by atoms with E-state index in [1.54, 1.807) is 20.8 Å². The van der Waals surface area contributed by atoms with Crippen LogP contribution >= 0.6 is 0 Å². The van der Waals surface area contributed by atoms with E-state index in [4.69, 9.17) is 0 Å². The van der Waals surface area contributed by atoms with Crippen molar-refractivity contribution in [3.63, 3.8) is 0 Å². The second kappa shape index (κ2) is 10.6. The Labute approximate surface area is 189 Å². The first-order valence-electron chi connectivity index (χ1n) is 10.3. The van der Waals surface area contributed by atoms with Gasteiger partial charge in [-0.05, 0) is 45.4 Å². The summed E-state index contributed by atoms with van der Waals surface area (Å²) >= 11 is 0. The number of sulfonamides is 1. The van der Waals surface area contributed by atoms with Crippen LogP contribution in [0, 0.1) is 12.7 Å². The third-order valence-corrected chi connectivity index (χ3v) is 6.00. The summed E-state index contributed by atoms with van der Waals surface area (Å²) in [6.07, 6.45) is 0.909. The first kappa shape index (κ1) is 25.3. The van der Waals surface area contributed by atoms with Crippen molar-refractivity contribution in [2.45, 2.75) is 46.3 Å². The lowest BCUT2D eigenvalue weighted by atomic mass is 10.1. The average Bonchev–Trinajstić information content (AvgIpc) is 2.70. The molecule has 1 unspecified atom stereocenters. The summed E-state index contributed by atoms with van der Waals surface area (Å²) in [5, 5.41) is 2.77. The first-order chi connectivity index (χ1) is 14.9. The number of anilines is 1. The molecule has 9 heteroatoms. The van der Waals surface area contributed by atoms with Gasteiger partial charge in [0.2, 0.25) is 21.8 Å². The third kappa shape index (κ3) is 6.78. The van der Waals surface area contributed by atoms with Gasteiger partial charge in [-0.2, -0.15) is 0 Å². The van der Waals surface area contributed by atoms with Gasteiger partial charge in [-0.25, -0.2) is 12.8 Å². The molecule has 2 amide bonds. The highest BCUT2D eigenvalue weighted by Crippen LogP contribution is 2.22. The Kier molecular flexibility index (Phi) is 8.38. The summed E-state index contributed by atoms with van der Waals surface area (Å²) in [4.78, 5) is 27.3. The molecule has 0 aliphatic heterocycles. The summed E-state index contributed by atoms with van der Waals surface area (Å²) in [6.45, 7) is 6.59. The monoisotopic (exact) mass is 463 g/mol.